The van der Waals surface area contributed by atoms with Gasteiger partial charge in [-0.05, 0) is 38.0 Å². The lowest BCUT2D eigenvalue weighted by molar-refractivity contribution is -0.145. The van der Waals surface area contributed by atoms with Gasteiger partial charge in [-0.2, -0.15) is 9.42 Å². The molecule has 1 aromatic heterocycles. The molecule has 3 N–H and O–H groups in total. The third-order valence-electron chi connectivity index (χ3n) is 6.60. The predicted octanol–water partition coefficient (Wildman–Crippen LogP) is 3.44. The minimum Gasteiger partial charge on any atom is -0.464 e. The van der Waals surface area contributed by atoms with Crippen LogP contribution in [0.1, 0.15) is 39.0 Å². The van der Waals surface area contributed by atoms with Gasteiger partial charge in [-0.25, -0.2) is 9.18 Å². The van der Waals surface area contributed by atoms with Crippen molar-refractivity contribution in [1.29, 1.82) is 0 Å². The fourth-order valence-corrected chi connectivity index (χ4v) is 6.03. The minimum atomic E-state index is -4.06. The molecule has 0 bridgehead atoms. The molecule has 0 aliphatic carbocycles. The quantitative estimate of drug-likeness (QED) is 0.181. The normalized spacial score (nSPS) is 23.8. The third-order valence-corrected chi connectivity index (χ3v) is 8.27. The highest BCUT2D eigenvalue weighted by Gasteiger charge is 2.58. The van der Waals surface area contributed by atoms with E-state index in [0.29, 0.717) is 6.42 Å². The largest absolute Gasteiger partial charge is 0.544 e. The summed E-state index contributed by atoms with van der Waals surface area (Å²) in [5.74, 6) is -0.382. The Bertz CT molecular complexity index is 1460. The molecule has 4 rings (SSSR count). The second kappa shape index (κ2) is 14.3. The molecule has 0 radical (unpaired) electrons. The minimum absolute atomic E-state index is 0.0105. The van der Waals surface area contributed by atoms with E-state index in [-0.39, 0.29) is 19.0 Å². The number of hydrogen-bond acceptors (Lipinski definition) is 10. The standard InChI is InChI=1S/C29H35FN3O9P/c1-4-17-38-26(35)20(2)32-43(37,42-22-13-9-6-10-14-22)40-19-23-25(39-18-21-11-7-5-8-12-21)29(3,30)27(41-23)33-16-15-24(34)31-28(33)36/h5-16,20,23,25,27,32,37H,4,17-19H2,1-3H3/p+1/t20-,23+,25+,27+,29+,43?/m0/s1. The van der Waals surface area contributed by atoms with Crippen molar-refractivity contribution in [1.82, 2.24) is 14.6 Å². The molecule has 0 spiro atoms. The maximum atomic E-state index is 16.5. The van der Waals surface area contributed by atoms with Crippen LogP contribution in [0.4, 0.5) is 4.39 Å². The molecule has 6 atom stereocenters. The Kier molecular flexibility index (Phi) is 10.8. The number of carbonyl (C=O) groups excluding carboxylic acids is 1. The van der Waals surface area contributed by atoms with Crippen molar-refractivity contribution < 1.29 is 37.3 Å². The van der Waals surface area contributed by atoms with Crippen LogP contribution in [-0.2, 0) is 30.1 Å². The van der Waals surface area contributed by atoms with Gasteiger partial charge in [-0.1, -0.05) is 60.5 Å². The first kappa shape index (κ1) is 32.5. The van der Waals surface area contributed by atoms with E-state index < -0.39 is 62.1 Å². The zero-order valence-electron chi connectivity index (χ0n) is 24.1. The van der Waals surface area contributed by atoms with Crippen LogP contribution in [0.25, 0.3) is 0 Å². The summed E-state index contributed by atoms with van der Waals surface area (Å²) >= 11 is 0. The Hall–Kier alpha value is -3.45. The fraction of sp³-hybridized carbons (Fsp3) is 0.414. The molecule has 3 aromatic rings. The van der Waals surface area contributed by atoms with Gasteiger partial charge < -0.3 is 14.2 Å². The van der Waals surface area contributed by atoms with E-state index in [1.165, 1.54) is 13.8 Å². The maximum absolute atomic E-state index is 16.5. The van der Waals surface area contributed by atoms with Crippen molar-refractivity contribution in [2.45, 2.75) is 63.9 Å². The Morgan fingerprint density at radius 2 is 1.84 bits per heavy atom. The molecule has 2 aromatic carbocycles. The van der Waals surface area contributed by atoms with Crippen molar-refractivity contribution in [3.8, 4) is 5.75 Å². The number of para-hydroxylation sites is 1. The van der Waals surface area contributed by atoms with Gasteiger partial charge in [-0.3, -0.25) is 23.7 Å². The van der Waals surface area contributed by atoms with Crippen molar-refractivity contribution >= 4 is 14.1 Å². The number of nitrogens with zero attached hydrogens (tertiary/aromatic N) is 1. The van der Waals surface area contributed by atoms with Gasteiger partial charge in [0.25, 0.3) is 5.56 Å². The number of halogens is 1. The molecular weight excluding hydrogens is 584 g/mol. The molecule has 1 aliphatic heterocycles. The highest BCUT2D eigenvalue weighted by atomic mass is 31.2. The Balaban J connectivity index is 1.60. The van der Waals surface area contributed by atoms with E-state index in [9.17, 15) is 19.3 Å². The van der Waals surface area contributed by atoms with Crippen molar-refractivity contribution in [2.75, 3.05) is 13.2 Å². The Labute approximate surface area is 248 Å². The van der Waals surface area contributed by atoms with E-state index in [1.54, 1.807) is 30.3 Å². The average molecular weight is 621 g/mol. The number of esters is 1. The van der Waals surface area contributed by atoms with Crippen molar-refractivity contribution in [2.24, 2.45) is 0 Å². The predicted molar refractivity (Wildman–Crippen MR) is 156 cm³/mol. The Morgan fingerprint density at radius 1 is 1.16 bits per heavy atom. The lowest BCUT2D eigenvalue weighted by atomic mass is 9.98. The maximum Gasteiger partial charge on any atom is 0.544 e. The zero-order valence-corrected chi connectivity index (χ0v) is 24.9. The van der Waals surface area contributed by atoms with E-state index >= 15 is 4.39 Å². The summed E-state index contributed by atoms with van der Waals surface area (Å²) in [6, 6.07) is 17.4. The van der Waals surface area contributed by atoms with Gasteiger partial charge in [0, 0.05) is 12.3 Å². The molecule has 1 unspecified atom stereocenters. The molecule has 43 heavy (non-hydrogen) atoms. The van der Waals surface area contributed by atoms with Crippen LogP contribution in [0.5, 0.6) is 5.75 Å². The summed E-state index contributed by atoms with van der Waals surface area (Å²) in [4.78, 5) is 50.3. The number of aromatic amines is 1. The number of rotatable bonds is 14. The fourth-order valence-electron chi connectivity index (χ4n) is 4.49. The number of benzene rings is 2. The van der Waals surface area contributed by atoms with Gasteiger partial charge in [0.15, 0.2) is 17.6 Å². The van der Waals surface area contributed by atoms with Crippen LogP contribution in [0.3, 0.4) is 0 Å². The molecule has 1 saturated heterocycles. The molecular formula is C29H36FN3O9P+. The lowest BCUT2D eigenvalue weighted by Gasteiger charge is -2.28. The summed E-state index contributed by atoms with van der Waals surface area (Å²) in [7, 11) is -4.06. The molecule has 1 aliphatic rings. The van der Waals surface area contributed by atoms with Crippen LogP contribution >= 0.6 is 8.09 Å². The highest BCUT2D eigenvalue weighted by Crippen LogP contribution is 2.54. The summed E-state index contributed by atoms with van der Waals surface area (Å²) in [5, 5.41) is 2.69. The van der Waals surface area contributed by atoms with Crippen molar-refractivity contribution in [3.63, 3.8) is 0 Å². The molecule has 0 amide bonds. The van der Waals surface area contributed by atoms with Gasteiger partial charge in [0.2, 0.25) is 0 Å². The number of hydrogen-bond donors (Lipinski definition) is 3. The summed E-state index contributed by atoms with van der Waals surface area (Å²) in [6.07, 6.45) is -2.23. The second-order valence-electron chi connectivity index (χ2n) is 10.2. The van der Waals surface area contributed by atoms with Crippen LogP contribution in [0.2, 0.25) is 0 Å². The van der Waals surface area contributed by atoms with Crippen LogP contribution < -0.4 is 20.9 Å². The van der Waals surface area contributed by atoms with E-state index in [2.05, 4.69) is 10.1 Å². The van der Waals surface area contributed by atoms with Gasteiger partial charge in [0.05, 0.1) is 13.2 Å². The van der Waals surface area contributed by atoms with Gasteiger partial charge >= 0.3 is 19.8 Å². The number of nitrogens with one attached hydrogen (secondary N) is 2. The van der Waals surface area contributed by atoms with Crippen LogP contribution in [-0.4, -0.2) is 57.5 Å². The van der Waals surface area contributed by atoms with Crippen molar-refractivity contribution in [3.05, 3.63) is 99.3 Å². The zero-order chi connectivity index (χ0) is 31.0. The first-order valence-electron chi connectivity index (χ1n) is 13.8. The molecule has 14 heteroatoms. The lowest BCUT2D eigenvalue weighted by Crippen LogP contribution is -2.45. The number of alkyl halides is 1. The molecule has 0 saturated carbocycles. The summed E-state index contributed by atoms with van der Waals surface area (Å²) in [6.45, 7) is 4.29. The first-order chi connectivity index (χ1) is 20.5. The molecule has 2 heterocycles. The molecule has 1 fully saturated rings. The number of aromatic nitrogens is 2. The Morgan fingerprint density at radius 3 is 2.49 bits per heavy atom. The third kappa shape index (κ3) is 8.35. The summed E-state index contributed by atoms with van der Waals surface area (Å²) < 4.78 is 46.3. The van der Waals surface area contributed by atoms with E-state index in [1.807, 2.05) is 37.3 Å². The number of ether oxygens (including phenoxy) is 3. The smallest absolute Gasteiger partial charge is 0.464 e. The van der Waals surface area contributed by atoms with Crippen LogP contribution in [0.15, 0.2) is 82.5 Å². The molecule has 12 nitrogen and oxygen atoms in total. The highest BCUT2D eigenvalue weighted by molar-refractivity contribution is 7.58. The topological polar surface area (TPSA) is 150 Å². The van der Waals surface area contributed by atoms with Gasteiger partial charge in [-0.15, -0.1) is 0 Å². The SMILES string of the molecule is CCCOC(=O)[C@H](C)N[P+](O)(OC[C@H]1O[C@@H](n2ccc(=O)[nH]c2=O)[C@](C)(F)[C@@H]1OCc1ccccc1)Oc1ccccc1. The van der Waals surface area contributed by atoms with Gasteiger partial charge in [0.1, 0.15) is 24.9 Å². The number of carbonyl (C=O) groups is 1. The summed E-state index contributed by atoms with van der Waals surface area (Å²) in [5.41, 5.74) is -3.06. The number of H-pyrrole nitrogens is 1. The van der Waals surface area contributed by atoms with Crippen LogP contribution in [0, 0.1) is 0 Å². The average Bonchev–Trinajstić information content (AvgIpc) is 3.23. The monoisotopic (exact) mass is 620 g/mol. The van der Waals surface area contributed by atoms with E-state index in [0.717, 1.165) is 22.4 Å². The second-order valence-corrected chi connectivity index (χ2v) is 11.9. The first-order valence-corrected chi connectivity index (χ1v) is 15.4. The van der Waals surface area contributed by atoms with E-state index in [4.69, 9.17) is 23.3 Å². The molecule has 232 valence electrons.